The van der Waals surface area contributed by atoms with Crippen molar-refractivity contribution < 1.29 is 0 Å². The van der Waals surface area contributed by atoms with E-state index < -0.39 is 0 Å². The number of thiazole rings is 1. The summed E-state index contributed by atoms with van der Waals surface area (Å²) in [5.41, 5.74) is 7.67. The Hall–Kier alpha value is -2.01. The first-order valence-corrected chi connectivity index (χ1v) is 5.93. The Morgan fingerprint density at radius 1 is 1.35 bits per heavy atom. The minimum Gasteiger partial charge on any atom is -0.395 e. The predicted octanol–water partition coefficient (Wildman–Crippen LogP) is 2.10. The van der Waals surface area contributed by atoms with Crippen LogP contribution in [-0.2, 0) is 0 Å². The number of anilines is 1. The Labute approximate surface area is 101 Å². The molecule has 4 nitrogen and oxygen atoms in total. The van der Waals surface area contributed by atoms with Crippen molar-refractivity contribution in [2.45, 2.75) is 6.92 Å². The fraction of sp³-hybridized carbons (Fsp3) is 0.0833. The first-order valence-electron chi connectivity index (χ1n) is 5.11. The van der Waals surface area contributed by atoms with E-state index in [4.69, 9.17) is 5.73 Å². The van der Waals surface area contributed by atoms with Crippen LogP contribution in [0.4, 0.5) is 5.69 Å². The van der Waals surface area contributed by atoms with Crippen molar-refractivity contribution in [2.24, 2.45) is 0 Å². The number of hydrogen-bond donors (Lipinski definition) is 1. The van der Waals surface area contributed by atoms with Crippen molar-refractivity contribution in [1.82, 2.24) is 9.97 Å². The lowest BCUT2D eigenvalue weighted by atomic mass is 10.2. The van der Waals surface area contributed by atoms with E-state index in [0.29, 0.717) is 21.4 Å². The van der Waals surface area contributed by atoms with Gasteiger partial charge in [-0.15, -0.1) is 11.3 Å². The third kappa shape index (κ3) is 1.47. The Bertz CT molecular complexity index is 795. The summed E-state index contributed by atoms with van der Waals surface area (Å²) in [5.74, 6) is 0. The summed E-state index contributed by atoms with van der Waals surface area (Å²) in [5, 5.41) is 1.58. The number of nitrogen functional groups attached to an aromatic ring is 1. The standard InChI is InChI=1S/C12H9N3OS/c1-6-15-11-9(13)10-7(3-2-4-14-10)5-8(16)12(11)17-6/h2-5H,13H2,1H3. The van der Waals surface area contributed by atoms with E-state index in [2.05, 4.69) is 9.97 Å². The molecule has 0 saturated carbocycles. The van der Waals surface area contributed by atoms with E-state index in [0.717, 1.165) is 10.4 Å². The Morgan fingerprint density at radius 2 is 2.18 bits per heavy atom. The molecule has 3 aromatic rings. The maximum atomic E-state index is 12.0. The molecular formula is C12H9N3OS. The van der Waals surface area contributed by atoms with Crippen LogP contribution >= 0.6 is 11.3 Å². The van der Waals surface area contributed by atoms with Crippen LogP contribution in [0, 0.1) is 6.92 Å². The summed E-state index contributed by atoms with van der Waals surface area (Å²) >= 11 is 1.37. The molecule has 1 aromatic carbocycles. The first kappa shape index (κ1) is 10.2. The summed E-state index contributed by atoms with van der Waals surface area (Å²) in [4.78, 5) is 20.6. The van der Waals surface area contributed by atoms with E-state index in [1.54, 1.807) is 18.3 Å². The number of aromatic nitrogens is 2. The predicted molar refractivity (Wildman–Crippen MR) is 70.3 cm³/mol. The van der Waals surface area contributed by atoms with Gasteiger partial charge in [0.25, 0.3) is 0 Å². The molecule has 2 N–H and O–H groups in total. The van der Waals surface area contributed by atoms with Gasteiger partial charge in [0.05, 0.1) is 16.2 Å². The van der Waals surface area contributed by atoms with E-state index in [1.807, 2.05) is 13.0 Å². The molecule has 0 saturated heterocycles. The highest BCUT2D eigenvalue weighted by Crippen LogP contribution is 2.26. The number of hydrogen-bond acceptors (Lipinski definition) is 5. The first-order chi connectivity index (χ1) is 8.16. The zero-order valence-electron chi connectivity index (χ0n) is 9.10. The minimum absolute atomic E-state index is 0.0553. The van der Waals surface area contributed by atoms with Gasteiger partial charge in [0.1, 0.15) is 10.2 Å². The van der Waals surface area contributed by atoms with Crippen LogP contribution in [0.1, 0.15) is 5.01 Å². The Kier molecular flexibility index (Phi) is 2.09. The zero-order chi connectivity index (χ0) is 12.0. The summed E-state index contributed by atoms with van der Waals surface area (Å²) in [6, 6.07) is 5.18. The molecule has 5 heteroatoms. The van der Waals surface area contributed by atoms with E-state index in [9.17, 15) is 4.79 Å². The minimum atomic E-state index is -0.0553. The van der Waals surface area contributed by atoms with Gasteiger partial charge in [-0.2, -0.15) is 0 Å². The van der Waals surface area contributed by atoms with E-state index in [1.165, 1.54) is 11.3 Å². The van der Waals surface area contributed by atoms with Gasteiger partial charge >= 0.3 is 0 Å². The fourth-order valence-corrected chi connectivity index (χ4v) is 2.70. The lowest BCUT2D eigenvalue weighted by Gasteiger charge is -1.94. The third-order valence-electron chi connectivity index (χ3n) is 2.59. The van der Waals surface area contributed by atoms with Crippen LogP contribution in [0.3, 0.4) is 0 Å². The molecule has 0 aliphatic rings. The summed E-state index contributed by atoms with van der Waals surface area (Å²) in [6.45, 7) is 1.86. The van der Waals surface area contributed by atoms with Gasteiger partial charge in [-0.25, -0.2) is 4.98 Å². The summed E-state index contributed by atoms with van der Waals surface area (Å²) < 4.78 is 0.595. The van der Waals surface area contributed by atoms with Gasteiger partial charge in [0, 0.05) is 11.6 Å². The van der Waals surface area contributed by atoms with E-state index in [-0.39, 0.29) is 5.43 Å². The van der Waals surface area contributed by atoms with Gasteiger partial charge in [-0.1, -0.05) is 6.07 Å². The zero-order valence-corrected chi connectivity index (χ0v) is 9.91. The van der Waals surface area contributed by atoms with Crippen LogP contribution in [0.2, 0.25) is 0 Å². The number of fused-ring (bicyclic) bond motifs is 2. The van der Waals surface area contributed by atoms with Crippen LogP contribution in [-0.4, -0.2) is 9.97 Å². The van der Waals surface area contributed by atoms with Gasteiger partial charge in [0.15, 0.2) is 5.43 Å². The molecule has 2 aromatic heterocycles. The molecule has 0 spiro atoms. The second-order valence-corrected chi connectivity index (χ2v) is 4.98. The Balaban J connectivity index is 2.70. The molecule has 0 radical (unpaired) electrons. The number of nitrogens with two attached hydrogens (primary N) is 1. The average molecular weight is 243 g/mol. The highest BCUT2D eigenvalue weighted by Gasteiger charge is 2.10. The molecule has 0 unspecified atom stereocenters. The molecule has 17 heavy (non-hydrogen) atoms. The van der Waals surface area contributed by atoms with Gasteiger partial charge in [0.2, 0.25) is 0 Å². The topological polar surface area (TPSA) is 68.9 Å². The largest absolute Gasteiger partial charge is 0.395 e. The van der Waals surface area contributed by atoms with Crippen molar-refractivity contribution in [3.05, 3.63) is 39.6 Å². The molecule has 0 aliphatic heterocycles. The van der Waals surface area contributed by atoms with Crippen molar-refractivity contribution in [3.8, 4) is 0 Å². The summed E-state index contributed by atoms with van der Waals surface area (Å²) in [6.07, 6.45) is 1.66. The van der Waals surface area contributed by atoms with Crippen LogP contribution < -0.4 is 11.2 Å². The van der Waals surface area contributed by atoms with Crippen molar-refractivity contribution >= 4 is 38.1 Å². The Morgan fingerprint density at radius 3 is 3.00 bits per heavy atom. The second kappa shape index (κ2) is 3.49. The molecule has 84 valence electrons. The van der Waals surface area contributed by atoms with Crippen molar-refractivity contribution in [1.29, 1.82) is 0 Å². The monoisotopic (exact) mass is 243 g/mol. The molecule has 0 fully saturated rings. The SMILES string of the molecule is Cc1nc2c(N)c3ncccc3cc(=O)c2s1. The smallest absolute Gasteiger partial charge is 0.198 e. The highest BCUT2D eigenvalue weighted by atomic mass is 32.1. The summed E-state index contributed by atoms with van der Waals surface area (Å²) in [7, 11) is 0. The molecule has 3 rings (SSSR count). The number of pyridine rings is 1. The van der Waals surface area contributed by atoms with E-state index >= 15 is 0 Å². The molecule has 0 aliphatic carbocycles. The van der Waals surface area contributed by atoms with Gasteiger partial charge in [-0.3, -0.25) is 9.78 Å². The number of nitrogens with zero attached hydrogens (tertiary/aromatic N) is 2. The maximum absolute atomic E-state index is 12.0. The maximum Gasteiger partial charge on any atom is 0.198 e. The molecule has 0 atom stereocenters. The molecule has 0 bridgehead atoms. The van der Waals surface area contributed by atoms with Crippen LogP contribution in [0.15, 0.2) is 29.2 Å². The van der Waals surface area contributed by atoms with Crippen LogP contribution in [0.5, 0.6) is 0 Å². The van der Waals surface area contributed by atoms with Gasteiger partial charge < -0.3 is 5.73 Å². The fourth-order valence-electron chi connectivity index (χ4n) is 1.85. The normalized spacial score (nSPS) is 11.1. The third-order valence-corrected chi connectivity index (χ3v) is 3.58. The lowest BCUT2D eigenvalue weighted by Crippen LogP contribution is -1.92. The van der Waals surface area contributed by atoms with Crippen molar-refractivity contribution in [2.75, 3.05) is 5.73 Å². The quantitative estimate of drug-likeness (QED) is 0.656. The number of rotatable bonds is 0. The molecule has 0 amide bonds. The highest BCUT2D eigenvalue weighted by molar-refractivity contribution is 7.18. The van der Waals surface area contributed by atoms with Crippen LogP contribution in [0.25, 0.3) is 21.1 Å². The molecule has 2 heterocycles. The molecular weight excluding hydrogens is 234 g/mol. The average Bonchev–Trinajstić information content (AvgIpc) is 2.67. The lowest BCUT2D eigenvalue weighted by molar-refractivity contribution is 1.35. The number of aryl methyl sites for hydroxylation is 1. The second-order valence-electron chi connectivity index (χ2n) is 3.77. The van der Waals surface area contributed by atoms with Gasteiger partial charge in [-0.05, 0) is 19.1 Å². The van der Waals surface area contributed by atoms with Crippen molar-refractivity contribution in [3.63, 3.8) is 0 Å².